The van der Waals surface area contributed by atoms with E-state index in [2.05, 4.69) is 4.98 Å². The number of carbonyl (C=O) groups excluding carboxylic acids is 2. The van der Waals surface area contributed by atoms with Crippen molar-refractivity contribution in [2.75, 3.05) is 4.90 Å². The molecule has 0 radical (unpaired) electrons. The molecule has 8 nitrogen and oxygen atoms in total. The summed E-state index contributed by atoms with van der Waals surface area (Å²) in [7, 11) is -3.90. The molecule has 152 valence electrons. The van der Waals surface area contributed by atoms with Crippen molar-refractivity contribution in [3.8, 4) is 0 Å². The first-order chi connectivity index (χ1) is 13.6. The number of carbonyl (C=O) groups is 2. The number of rotatable bonds is 6. The van der Waals surface area contributed by atoms with E-state index in [4.69, 9.17) is 5.14 Å². The predicted molar refractivity (Wildman–Crippen MR) is 106 cm³/mol. The number of hydrogen-bond donors (Lipinski definition) is 2. The lowest BCUT2D eigenvalue weighted by Crippen LogP contribution is -2.31. The van der Waals surface area contributed by atoms with Crippen molar-refractivity contribution in [1.82, 2.24) is 4.98 Å². The van der Waals surface area contributed by atoms with Crippen molar-refractivity contribution in [1.29, 1.82) is 0 Å². The van der Waals surface area contributed by atoms with Crippen molar-refractivity contribution in [3.63, 3.8) is 0 Å². The van der Waals surface area contributed by atoms with Gasteiger partial charge in [-0.2, -0.15) is 0 Å². The van der Waals surface area contributed by atoms with Crippen molar-refractivity contribution in [2.24, 2.45) is 11.1 Å². The lowest BCUT2D eigenvalue weighted by molar-refractivity contribution is -0.118. The number of nitrogens with zero attached hydrogens (tertiary/aromatic N) is 2. The summed E-state index contributed by atoms with van der Waals surface area (Å²) < 4.78 is 23.0. The molecule has 1 aliphatic heterocycles. The van der Waals surface area contributed by atoms with E-state index in [0.29, 0.717) is 11.3 Å². The number of nitrogens with two attached hydrogens (primary N) is 1. The number of benzene rings is 1. The third kappa shape index (κ3) is 4.06. The minimum atomic E-state index is -3.90. The van der Waals surface area contributed by atoms with Crippen LogP contribution in [-0.2, 0) is 19.6 Å². The number of hydrogen-bond acceptors (Lipinski definition) is 6. The van der Waals surface area contributed by atoms with Crippen LogP contribution in [0.5, 0.6) is 0 Å². The molecule has 2 heterocycles. The van der Waals surface area contributed by atoms with Gasteiger partial charge in [0, 0.05) is 24.5 Å². The number of sulfonamides is 1. The Labute approximate surface area is 168 Å². The number of anilines is 1. The van der Waals surface area contributed by atoms with E-state index in [1.807, 2.05) is 13.8 Å². The van der Waals surface area contributed by atoms with Crippen LogP contribution in [0.3, 0.4) is 0 Å². The van der Waals surface area contributed by atoms with E-state index in [-0.39, 0.29) is 28.6 Å². The molecule has 1 atom stereocenters. The van der Waals surface area contributed by atoms with Gasteiger partial charge < -0.3 is 5.11 Å². The van der Waals surface area contributed by atoms with Gasteiger partial charge in [-0.3, -0.25) is 19.5 Å². The summed E-state index contributed by atoms with van der Waals surface area (Å²) in [5.41, 5.74) is 0.870. The summed E-state index contributed by atoms with van der Waals surface area (Å²) in [6.45, 7) is 3.74. The Morgan fingerprint density at radius 1 is 1.24 bits per heavy atom. The zero-order valence-corrected chi connectivity index (χ0v) is 16.8. The number of Topliss-reactive ketones (excluding diaryl/α,β-unsaturated/α-hetero) is 1. The smallest absolute Gasteiger partial charge is 0.294 e. The molecule has 1 aromatic heterocycles. The summed E-state index contributed by atoms with van der Waals surface area (Å²) >= 11 is 0. The van der Waals surface area contributed by atoms with Gasteiger partial charge in [0.2, 0.25) is 10.0 Å². The van der Waals surface area contributed by atoms with E-state index in [0.717, 1.165) is 0 Å². The maximum absolute atomic E-state index is 12.9. The highest BCUT2D eigenvalue weighted by Crippen LogP contribution is 2.41. The van der Waals surface area contributed by atoms with Crippen LogP contribution in [0.2, 0.25) is 0 Å². The summed E-state index contributed by atoms with van der Waals surface area (Å²) in [4.78, 5) is 30.9. The van der Waals surface area contributed by atoms with E-state index >= 15 is 0 Å². The van der Waals surface area contributed by atoms with Crippen LogP contribution in [0.4, 0.5) is 5.69 Å². The lowest BCUT2D eigenvalue weighted by Gasteiger charge is -2.27. The Morgan fingerprint density at radius 2 is 1.90 bits per heavy atom. The van der Waals surface area contributed by atoms with Crippen LogP contribution >= 0.6 is 0 Å². The zero-order valence-electron chi connectivity index (χ0n) is 15.9. The Morgan fingerprint density at radius 3 is 2.41 bits per heavy atom. The van der Waals surface area contributed by atoms with Gasteiger partial charge in [-0.25, -0.2) is 13.6 Å². The summed E-state index contributed by atoms with van der Waals surface area (Å²) in [5.74, 6) is -1.65. The van der Waals surface area contributed by atoms with Crippen LogP contribution in [0, 0.1) is 5.92 Å². The lowest BCUT2D eigenvalue weighted by atomic mass is 9.93. The molecule has 29 heavy (non-hydrogen) atoms. The zero-order chi connectivity index (χ0) is 21.3. The predicted octanol–water partition coefficient (Wildman–Crippen LogP) is 2.24. The third-order valence-electron chi connectivity index (χ3n) is 4.55. The highest BCUT2D eigenvalue weighted by atomic mass is 32.2. The Bertz CT molecular complexity index is 1080. The molecule has 1 unspecified atom stereocenters. The van der Waals surface area contributed by atoms with Gasteiger partial charge in [-0.1, -0.05) is 19.9 Å². The van der Waals surface area contributed by atoms with E-state index < -0.39 is 27.7 Å². The molecule has 0 fully saturated rings. The number of ketones is 1. The van der Waals surface area contributed by atoms with Crippen LogP contribution in [-0.4, -0.2) is 30.2 Å². The fourth-order valence-electron chi connectivity index (χ4n) is 3.29. The maximum Gasteiger partial charge on any atom is 0.294 e. The van der Waals surface area contributed by atoms with Gasteiger partial charge in [0.1, 0.15) is 0 Å². The number of primary sulfonamides is 1. The second-order valence-corrected chi connectivity index (χ2v) is 8.75. The van der Waals surface area contributed by atoms with Crippen LogP contribution in [0.25, 0.3) is 0 Å². The quantitative estimate of drug-likeness (QED) is 0.744. The summed E-state index contributed by atoms with van der Waals surface area (Å²) in [5, 5.41) is 15.6. The van der Waals surface area contributed by atoms with Gasteiger partial charge in [0.05, 0.1) is 16.5 Å². The Kier molecular flexibility index (Phi) is 5.54. The minimum absolute atomic E-state index is 0.00669. The molecule has 0 bridgehead atoms. The van der Waals surface area contributed by atoms with Crippen molar-refractivity contribution in [2.45, 2.75) is 31.2 Å². The van der Waals surface area contributed by atoms with Crippen LogP contribution in [0.15, 0.2) is 65.0 Å². The van der Waals surface area contributed by atoms with E-state index in [1.165, 1.54) is 35.4 Å². The van der Waals surface area contributed by atoms with Gasteiger partial charge in [0.15, 0.2) is 11.5 Å². The summed E-state index contributed by atoms with van der Waals surface area (Å²) in [6, 6.07) is 7.85. The average molecular weight is 415 g/mol. The van der Waals surface area contributed by atoms with Crippen molar-refractivity contribution >= 4 is 27.4 Å². The molecule has 2 aromatic rings. The maximum atomic E-state index is 12.9. The molecule has 3 N–H and O–H groups in total. The molecule has 9 heteroatoms. The van der Waals surface area contributed by atoms with Crippen LogP contribution < -0.4 is 10.0 Å². The molecule has 1 amide bonds. The van der Waals surface area contributed by atoms with Gasteiger partial charge in [-0.15, -0.1) is 0 Å². The molecule has 1 aliphatic rings. The average Bonchev–Trinajstić information content (AvgIpc) is 2.92. The third-order valence-corrected chi connectivity index (χ3v) is 5.47. The largest absolute Gasteiger partial charge is 0.503 e. The number of amides is 1. The second-order valence-electron chi connectivity index (χ2n) is 7.19. The fourth-order valence-corrected chi connectivity index (χ4v) is 3.80. The monoisotopic (exact) mass is 415 g/mol. The molecule has 3 rings (SSSR count). The molecule has 0 saturated carbocycles. The highest BCUT2D eigenvalue weighted by molar-refractivity contribution is 7.89. The van der Waals surface area contributed by atoms with E-state index in [9.17, 15) is 23.1 Å². The molecular weight excluding hydrogens is 394 g/mol. The first-order valence-corrected chi connectivity index (χ1v) is 10.5. The summed E-state index contributed by atoms with van der Waals surface area (Å²) in [6.07, 6.45) is 3.25. The number of pyridine rings is 1. The first-order valence-electron chi connectivity index (χ1n) is 8.94. The molecule has 1 aromatic carbocycles. The highest BCUT2D eigenvalue weighted by Gasteiger charge is 2.44. The molecule has 0 aliphatic carbocycles. The van der Waals surface area contributed by atoms with Gasteiger partial charge in [0.25, 0.3) is 5.91 Å². The van der Waals surface area contributed by atoms with Crippen LogP contribution in [0.1, 0.15) is 31.9 Å². The number of aliphatic hydroxyl groups excluding tert-OH is 1. The standard InChI is InChI=1S/C20H21N3O5S/c1-12(2)10-16(24)17-18(13-4-3-9-22-11-13)23(20(26)19(17)25)14-5-7-15(8-6-14)29(21,27)28/h3-9,11-12,18,25H,10H2,1-2H3,(H2,21,27,28). The number of aromatic nitrogens is 1. The van der Waals surface area contributed by atoms with Gasteiger partial charge >= 0.3 is 0 Å². The fraction of sp³-hybridized carbons (Fsp3) is 0.250. The van der Waals surface area contributed by atoms with Crippen molar-refractivity contribution < 1.29 is 23.1 Å². The van der Waals surface area contributed by atoms with E-state index in [1.54, 1.807) is 18.3 Å². The van der Waals surface area contributed by atoms with Crippen molar-refractivity contribution in [3.05, 3.63) is 65.7 Å². The SMILES string of the molecule is CC(C)CC(=O)C1=C(O)C(=O)N(c2ccc(S(N)(=O)=O)cc2)C1c1cccnc1. The second kappa shape index (κ2) is 7.76. The Hall–Kier alpha value is -3.04. The Balaban J connectivity index is 2.11. The first kappa shape index (κ1) is 20.7. The normalized spacial score (nSPS) is 17.3. The topological polar surface area (TPSA) is 131 Å². The molecule has 0 saturated heterocycles. The number of aliphatic hydroxyl groups is 1. The molecular formula is C20H21N3O5S. The minimum Gasteiger partial charge on any atom is -0.503 e. The molecule has 0 spiro atoms. The van der Waals surface area contributed by atoms with Gasteiger partial charge in [-0.05, 0) is 41.8 Å².